The lowest BCUT2D eigenvalue weighted by atomic mass is 9.96. The molecule has 2 amide bonds. The highest BCUT2D eigenvalue weighted by molar-refractivity contribution is 5.93. The van der Waals surface area contributed by atoms with Gasteiger partial charge in [-0.1, -0.05) is 0 Å². The number of hydrogen-bond donors (Lipinski definition) is 3. The van der Waals surface area contributed by atoms with Gasteiger partial charge in [0.05, 0.1) is 18.3 Å². The molecule has 1 aromatic heterocycles. The zero-order chi connectivity index (χ0) is 32.6. The van der Waals surface area contributed by atoms with E-state index in [9.17, 15) is 45.8 Å². The second-order valence-electron chi connectivity index (χ2n) is 11.8. The Labute approximate surface area is 248 Å². The maximum Gasteiger partial charge on any atom is 0.435 e. The number of nitrogens with one attached hydrogen (secondary N) is 2. The number of likely N-dealkylation sites (tertiary alicyclic amines) is 1. The Morgan fingerprint density at radius 2 is 1.82 bits per heavy atom. The predicted molar refractivity (Wildman–Crippen MR) is 142 cm³/mol. The van der Waals surface area contributed by atoms with Crippen molar-refractivity contribution in [2.24, 2.45) is 0 Å². The molecule has 0 saturated carbocycles. The molecule has 16 heteroatoms. The maximum absolute atomic E-state index is 14.5. The van der Waals surface area contributed by atoms with Crippen molar-refractivity contribution in [3.63, 3.8) is 0 Å². The van der Waals surface area contributed by atoms with E-state index in [1.165, 1.54) is 4.90 Å². The highest BCUT2D eigenvalue weighted by Gasteiger charge is 2.45. The lowest BCUT2D eigenvalue weighted by Gasteiger charge is -2.30. The summed E-state index contributed by atoms with van der Waals surface area (Å²) in [5.74, 6) is -6.23. The number of aliphatic hydroxyl groups is 1. The SMILES string of the molecule is CC(C)(C)OC(=O)NC(CC(=O)C1CNCc2c(C(F)(F)F)nc(C(=O)N3CCCC3CO)n21)Cc1cc(F)c(F)cc1F. The van der Waals surface area contributed by atoms with Gasteiger partial charge in [0, 0.05) is 38.2 Å². The van der Waals surface area contributed by atoms with Crippen LogP contribution in [0.4, 0.5) is 31.1 Å². The fraction of sp³-hybridized carbons (Fsp3) is 0.571. The van der Waals surface area contributed by atoms with Crippen LogP contribution in [-0.4, -0.2) is 74.7 Å². The fourth-order valence-electron chi connectivity index (χ4n) is 5.46. The number of ketones is 1. The Morgan fingerprint density at radius 3 is 2.45 bits per heavy atom. The normalized spacial score (nSPS) is 19.5. The molecule has 1 fully saturated rings. The van der Waals surface area contributed by atoms with Crippen LogP contribution in [-0.2, 0) is 28.7 Å². The lowest BCUT2D eigenvalue weighted by Crippen LogP contribution is -2.45. The van der Waals surface area contributed by atoms with E-state index in [0.29, 0.717) is 25.0 Å². The minimum atomic E-state index is -4.96. The topological polar surface area (TPSA) is 126 Å². The van der Waals surface area contributed by atoms with Crippen molar-refractivity contribution in [2.45, 2.75) is 82.9 Å². The Balaban J connectivity index is 1.70. The molecule has 0 radical (unpaired) electrons. The molecule has 10 nitrogen and oxygen atoms in total. The zero-order valence-electron chi connectivity index (χ0n) is 24.2. The number of imidazole rings is 1. The number of amides is 2. The first-order valence-electron chi connectivity index (χ1n) is 14.0. The van der Waals surface area contributed by atoms with Gasteiger partial charge >= 0.3 is 12.3 Å². The number of ether oxygens (including phenoxy) is 1. The van der Waals surface area contributed by atoms with Gasteiger partial charge in [-0.2, -0.15) is 13.2 Å². The number of aliphatic hydroxyl groups excluding tert-OH is 1. The summed E-state index contributed by atoms with van der Waals surface area (Å²) in [5, 5.41) is 14.8. The van der Waals surface area contributed by atoms with Crippen LogP contribution in [0, 0.1) is 17.5 Å². The quantitative estimate of drug-likeness (QED) is 0.299. The van der Waals surface area contributed by atoms with Crippen molar-refractivity contribution in [3.05, 3.63) is 52.4 Å². The van der Waals surface area contributed by atoms with Gasteiger partial charge in [-0.25, -0.2) is 22.9 Å². The van der Waals surface area contributed by atoms with Crippen LogP contribution in [0.1, 0.15) is 73.6 Å². The Morgan fingerprint density at radius 1 is 1.14 bits per heavy atom. The summed E-state index contributed by atoms with van der Waals surface area (Å²) in [7, 11) is 0. The van der Waals surface area contributed by atoms with E-state index in [2.05, 4.69) is 15.6 Å². The number of hydrogen-bond acceptors (Lipinski definition) is 7. The first-order chi connectivity index (χ1) is 20.5. The van der Waals surface area contributed by atoms with E-state index >= 15 is 0 Å². The molecular formula is C28H33F6N5O5. The molecule has 0 aliphatic carbocycles. The van der Waals surface area contributed by atoms with Gasteiger partial charge in [-0.15, -0.1) is 0 Å². The van der Waals surface area contributed by atoms with Gasteiger partial charge < -0.3 is 29.9 Å². The molecule has 2 aromatic rings. The first kappa shape index (κ1) is 33.2. The zero-order valence-corrected chi connectivity index (χ0v) is 24.2. The smallest absolute Gasteiger partial charge is 0.435 e. The monoisotopic (exact) mass is 633 g/mol. The van der Waals surface area contributed by atoms with Crippen molar-refractivity contribution < 1.29 is 50.6 Å². The number of rotatable bonds is 8. The van der Waals surface area contributed by atoms with Gasteiger partial charge in [0.2, 0.25) is 5.82 Å². The van der Waals surface area contributed by atoms with Crippen LogP contribution in [0.25, 0.3) is 0 Å². The maximum atomic E-state index is 14.5. The molecule has 2 aliphatic heterocycles. The van der Waals surface area contributed by atoms with E-state index < -0.39 is 102 Å². The molecule has 1 saturated heterocycles. The van der Waals surface area contributed by atoms with Crippen molar-refractivity contribution in [1.29, 1.82) is 0 Å². The molecule has 4 rings (SSSR count). The van der Waals surface area contributed by atoms with E-state index in [0.717, 1.165) is 4.57 Å². The number of alkyl carbamates (subject to hydrolysis) is 1. The Bertz CT molecular complexity index is 1420. The molecule has 0 spiro atoms. The number of alkyl halides is 3. The summed E-state index contributed by atoms with van der Waals surface area (Å²) in [6.45, 7) is 3.89. The second-order valence-corrected chi connectivity index (χ2v) is 11.8. The number of Topliss-reactive ketones (excluding diaryl/α,β-unsaturated/α-hetero) is 1. The van der Waals surface area contributed by atoms with Crippen LogP contribution in [0.3, 0.4) is 0 Å². The molecule has 3 atom stereocenters. The average molecular weight is 634 g/mol. The van der Waals surface area contributed by atoms with Crippen LogP contribution in [0.15, 0.2) is 12.1 Å². The minimum Gasteiger partial charge on any atom is -0.444 e. The van der Waals surface area contributed by atoms with Crippen LogP contribution in [0.5, 0.6) is 0 Å². The van der Waals surface area contributed by atoms with Crippen molar-refractivity contribution in [3.8, 4) is 0 Å². The summed E-state index contributed by atoms with van der Waals surface area (Å²) in [6, 6.07) is -2.42. The number of fused-ring (bicyclic) bond motifs is 1. The number of carbonyl (C=O) groups excluding carboxylic acids is 3. The molecular weight excluding hydrogens is 600 g/mol. The highest BCUT2D eigenvalue weighted by atomic mass is 19.4. The fourth-order valence-corrected chi connectivity index (χ4v) is 5.46. The molecule has 1 aromatic carbocycles. The lowest BCUT2D eigenvalue weighted by molar-refractivity contribution is -0.142. The molecule has 0 bridgehead atoms. The van der Waals surface area contributed by atoms with E-state index in [1.54, 1.807) is 20.8 Å². The largest absolute Gasteiger partial charge is 0.444 e. The summed E-state index contributed by atoms with van der Waals surface area (Å²) in [5.41, 5.74) is -3.15. The van der Waals surface area contributed by atoms with E-state index in [1.807, 2.05) is 0 Å². The second kappa shape index (κ2) is 12.8. The molecule has 3 N–H and O–H groups in total. The third-order valence-electron chi connectivity index (χ3n) is 7.36. The van der Waals surface area contributed by atoms with Crippen molar-refractivity contribution >= 4 is 17.8 Å². The van der Waals surface area contributed by atoms with Gasteiger partial charge in [0.1, 0.15) is 17.5 Å². The number of benzene rings is 1. The van der Waals surface area contributed by atoms with Gasteiger partial charge in [-0.3, -0.25) is 9.59 Å². The van der Waals surface area contributed by atoms with Crippen molar-refractivity contribution in [2.75, 3.05) is 19.7 Å². The third kappa shape index (κ3) is 7.34. The van der Waals surface area contributed by atoms with Gasteiger partial charge in [-0.05, 0) is 51.7 Å². The van der Waals surface area contributed by atoms with Gasteiger partial charge in [0.15, 0.2) is 23.1 Å². The average Bonchev–Trinajstić information content (AvgIpc) is 3.55. The minimum absolute atomic E-state index is 0.173. The Hall–Kier alpha value is -3.66. The van der Waals surface area contributed by atoms with Crippen LogP contribution >= 0.6 is 0 Å². The summed E-state index contributed by atoms with van der Waals surface area (Å²) in [4.78, 5) is 44.7. The van der Waals surface area contributed by atoms with Crippen molar-refractivity contribution in [1.82, 2.24) is 25.1 Å². The van der Waals surface area contributed by atoms with Gasteiger partial charge in [0.25, 0.3) is 5.91 Å². The highest BCUT2D eigenvalue weighted by Crippen LogP contribution is 2.36. The number of aromatic nitrogens is 2. The number of nitrogens with zero attached hydrogens (tertiary/aromatic N) is 3. The summed E-state index contributed by atoms with van der Waals surface area (Å²) >= 11 is 0. The molecule has 242 valence electrons. The standard InChI is InChI=1S/C28H33F6N5O5/c1-27(2,3)44-26(43)36-15(7-14-8-18(30)19(31)10-17(14)29)9-22(41)20-11-35-12-21-23(28(32,33)34)37-24(39(20)21)25(42)38-6-4-5-16(38)13-40/h8,10,15-16,20,35,40H,4-7,9,11-13H2,1-3H3,(H,36,43). The summed E-state index contributed by atoms with van der Waals surface area (Å²) in [6.07, 6.45) is -6.14. The molecule has 2 aliphatic rings. The molecule has 3 heterocycles. The molecule has 44 heavy (non-hydrogen) atoms. The summed E-state index contributed by atoms with van der Waals surface area (Å²) < 4.78 is 90.2. The van der Waals surface area contributed by atoms with Crippen LogP contribution in [0.2, 0.25) is 0 Å². The molecule has 3 unspecified atom stereocenters. The Kier molecular flexibility index (Phi) is 9.63. The van der Waals surface area contributed by atoms with Crippen LogP contribution < -0.4 is 10.6 Å². The predicted octanol–water partition coefficient (Wildman–Crippen LogP) is 3.66. The third-order valence-corrected chi connectivity index (χ3v) is 7.36. The number of carbonyl (C=O) groups is 3. The first-order valence-corrected chi connectivity index (χ1v) is 14.0. The van der Waals surface area contributed by atoms with E-state index in [4.69, 9.17) is 4.74 Å². The number of halogens is 6. The van der Waals surface area contributed by atoms with E-state index in [-0.39, 0.29) is 25.2 Å².